The first-order valence-electron chi connectivity index (χ1n) is 7.96. The molecule has 1 N–H and O–H groups in total. The molecule has 0 aliphatic carbocycles. The summed E-state index contributed by atoms with van der Waals surface area (Å²) in [5, 5.41) is 3.44. The number of anilines is 1. The minimum atomic E-state index is 0.584. The van der Waals surface area contributed by atoms with Crippen LogP contribution in [0.5, 0.6) is 0 Å². The fraction of sp³-hybridized carbons (Fsp3) is 0.500. The molecule has 1 aromatic carbocycles. The highest BCUT2D eigenvalue weighted by Gasteiger charge is 2.06. The van der Waals surface area contributed by atoms with Crippen LogP contribution in [0.3, 0.4) is 0 Å². The zero-order chi connectivity index (χ0) is 15.2. The highest BCUT2D eigenvalue weighted by molar-refractivity contribution is 5.31. The second-order valence-electron chi connectivity index (χ2n) is 6.01. The summed E-state index contributed by atoms with van der Waals surface area (Å²) in [6, 6.07) is 8.91. The number of imidazole rings is 1. The van der Waals surface area contributed by atoms with Gasteiger partial charge in [0.15, 0.2) is 0 Å². The Hall–Kier alpha value is -1.77. The quantitative estimate of drug-likeness (QED) is 0.755. The lowest BCUT2D eigenvalue weighted by Crippen LogP contribution is -2.09. The Morgan fingerprint density at radius 2 is 1.90 bits per heavy atom. The molecule has 0 fully saturated rings. The lowest BCUT2D eigenvalue weighted by atomic mass is 10.0. The van der Waals surface area contributed by atoms with Crippen LogP contribution in [0, 0.1) is 6.92 Å². The molecule has 114 valence electrons. The first-order chi connectivity index (χ1) is 10.1. The fourth-order valence-corrected chi connectivity index (χ4v) is 2.39. The third-order valence-electron chi connectivity index (χ3n) is 3.71. The number of unbranched alkanes of at least 4 members (excludes halogenated alkanes) is 1. The van der Waals surface area contributed by atoms with Gasteiger partial charge < -0.3 is 9.88 Å². The van der Waals surface area contributed by atoms with Crippen molar-refractivity contribution >= 4 is 5.95 Å². The van der Waals surface area contributed by atoms with Crippen LogP contribution in [0.2, 0.25) is 0 Å². The highest BCUT2D eigenvalue weighted by atomic mass is 15.2. The van der Waals surface area contributed by atoms with E-state index >= 15 is 0 Å². The normalized spacial score (nSPS) is 11.1. The van der Waals surface area contributed by atoms with Gasteiger partial charge in [0, 0.05) is 12.7 Å². The largest absolute Gasteiger partial charge is 0.356 e. The van der Waals surface area contributed by atoms with E-state index in [1.807, 2.05) is 6.92 Å². The van der Waals surface area contributed by atoms with E-state index in [4.69, 9.17) is 0 Å². The van der Waals surface area contributed by atoms with E-state index in [0.29, 0.717) is 5.92 Å². The number of rotatable bonds is 7. The summed E-state index contributed by atoms with van der Waals surface area (Å²) in [5.74, 6) is 1.56. The Kier molecular flexibility index (Phi) is 5.43. The van der Waals surface area contributed by atoms with E-state index in [1.54, 1.807) is 0 Å². The van der Waals surface area contributed by atoms with Crippen molar-refractivity contribution in [3.63, 3.8) is 0 Å². The minimum absolute atomic E-state index is 0.584. The van der Waals surface area contributed by atoms with Gasteiger partial charge in [-0.25, -0.2) is 4.98 Å². The molecular formula is C18H27N3. The zero-order valence-electron chi connectivity index (χ0n) is 13.7. The van der Waals surface area contributed by atoms with Gasteiger partial charge in [0.2, 0.25) is 5.95 Å². The monoisotopic (exact) mass is 285 g/mol. The SMILES string of the molecule is CCCCNc1nc(C)cn1Cc1ccc(C(C)C)cc1. The molecule has 0 radical (unpaired) electrons. The van der Waals surface area contributed by atoms with Gasteiger partial charge >= 0.3 is 0 Å². The molecule has 3 nitrogen and oxygen atoms in total. The Morgan fingerprint density at radius 3 is 2.52 bits per heavy atom. The van der Waals surface area contributed by atoms with Crippen LogP contribution in [-0.2, 0) is 6.54 Å². The predicted molar refractivity (Wildman–Crippen MR) is 90.0 cm³/mol. The molecule has 0 bridgehead atoms. The van der Waals surface area contributed by atoms with Gasteiger partial charge in [0.05, 0.1) is 12.2 Å². The van der Waals surface area contributed by atoms with E-state index in [2.05, 4.69) is 66.1 Å². The third kappa shape index (κ3) is 4.35. The maximum atomic E-state index is 4.58. The summed E-state index contributed by atoms with van der Waals surface area (Å²) >= 11 is 0. The van der Waals surface area contributed by atoms with Crippen LogP contribution in [0.1, 0.15) is 56.4 Å². The first kappa shape index (κ1) is 15.6. The van der Waals surface area contributed by atoms with Crippen molar-refractivity contribution in [2.45, 2.75) is 53.0 Å². The number of hydrogen-bond acceptors (Lipinski definition) is 2. The van der Waals surface area contributed by atoms with Crippen LogP contribution in [0.4, 0.5) is 5.95 Å². The Balaban J connectivity index is 2.07. The standard InChI is InChI=1S/C18H27N3/c1-5-6-11-19-18-20-15(4)12-21(18)13-16-7-9-17(10-8-16)14(2)3/h7-10,12,14H,5-6,11,13H2,1-4H3,(H,19,20). The van der Waals surface area contributed by atoms with Crippen molar-refractivity contribution in [2.24, 2.45) is 0 Å². The summed E-state index contributed by atoms with van der Waals surface area (Å²) in [5.41, 5.74) is 3.77. The lowest BCUT2D eigenvalue weighted by Gasteiger charge is -2.11. The molecule has 0 saturated heterocycles. The van der Waals surface area contributed by atoms with E-state index in [0.717, 1.165) is 24.7 Å². The summed E-state index contributed by atoms with van der Waals surface area (Å²) < 4.78 is 2.20. The molecule has 2 rings (SSSR count). The van der Waals surface area contributed by atoms with Crippen LogP contribution in [0.25, 0.3) is 0 Å². The Morgan fingerprint density at radius 1 is 1.19 bits per heavy atom. The molecule has 1 heterocycles. The van der Waals surface area contributed by atoms with Crippen LogP contribution < -0.4 is 5.32 Å². The molecule has 0 aliphatic rings. The molecule has 21 heavy (non-hydrogen) atoms. The van der Waals surface area contributed by atoms with Crippen LogP contribution in [-0.4, -0.2) is 16.1 Å². The van der Waals surface area contributed by atoms with Gasteiger partial charge in [-0.1, -0.05) is 51.5 Å². The molecule has 3 heteroatoms. The molecule has 2 aromatic rings. The van der Waals surface area contributed by atoms with Gasteiger partial charge in [-0.2, -0.15) is 0 Å². The summed E-state index contributed by atoms with van der Waals surface area (Å²) in [6.07, 6.45) is 4.49. The Labute approximate surface area is 128 Å². The van der Waals surface area contributed by atoms with Crippen molar-refractivity contribution in [2.75, 3.05) is 11.9 Å². The molecule has 1 aromatic heterocycles. The Bertz CT molecular complexity index is 552. The van der Waals surface area contributed by atoms with Crippen LogP contribution >= 0.6 is 0 Å². The van der Waals surface area contributed by atoms with Crippen molar-refractivity contribution in [1.82, 2.24) is 9.55 Å². The second kappa shape index (κ2) is 7.30. The predicted octanol–water partition coefficient (Wildman–Crippen LogP) is 4.58. The minimum Gasteiger partial charge on any atom is -0.356 e. The lowest BCUT2D eigenvalue weighted by molar-refractivity contribution is 0.774. The van der Waals surface area contributed by atoms with E-state index in [-0.39, 0.29) is 0 Å². The van der Waals surface area contributed by atoms with Crippen molar-refractivity contribution in [1.29, 1.82) is 0 Å². The number of aromatic nitrogens is 2. The van der Waals surface area contributed by atoms with E-state index < -0.39 is 0 Å². The van der Waals surface area contributed by atoms with Gasteiger partial charge in [-0.05, 0) is 30.4 Å². The zero-order valence-corrected chi connectivity index (χ0v) is 13.7. The highest BCUT2D eigenvalue weighted by Crippen LogP contribution is 2.17. The van der Waals surface area contributed by atoms with Crippen molar-refractivity contribution in [3.05, 3.63) is 47.3 Å². The average molecular weight is 285 g/mol. The van der Waals surface area contributed by atoms with Gasteiger partial charge in [-0.3, -0.25) is 0 Å². The fourth-order valence-electron chi connectivity index (χ4n) is 2.39. The number of aryl methyl sites for hydroxylation is 1. The van der Waals surface area contributed by atoms with Crippen LogP contribution in [0.15, 0.2) is 30.5 Å². The summed E-state index contributed by atoms with van der Waals surface area (Å²) in [4.78, 5) is 4.58. The smallest absolute Gasteiger partial charge is 0.203 e. The second-order valence-corrected chi connectivity index (χ2v) is 6.01. The molecule has 0 atom stereocenters. The maximum Gasteiger partial charge on any atom is 0.203 e. The first-order valence-corrected chi connectivity index (χ1v) is 7.96. The third-order valence-corrected chi connectivity index (χ3v) is 3.71. The van der Waals surface area contributed by atoms with Gasteiger partial charge in [-0.15, -0.1) is 0 Å². The van der Waals surface area contributed by atoms with E-state index in [9.17, 15) is 0 Å². The molecular weight excluding hydrogens is 258 g/mol. The number of benzene rings is 1. The molecule has 0 unspecified atom stereocenters. The maximum absolute atomic E-state index is 4.58. The van der Waals surface area contributed by atoms with Crippen molar-refractivity contribution in [3.8, 4) is 0 Å². The molecule has 0 aliphatic heterocycles. The number of nitrogens with zero attached hydrogens (tertiary/aromatic N) is 2. The van der Waals surface area contributed by atoms with Gasteiger partial charge in [0.25, 0.3) is 0 Å². The molecule has 0 spiro atoms. The topological polar surface area (TPSA) is 29.9 Å². The average Bonchev–Trinajstić information content (AvgIpc) is 2.80. The van der Waals surface area contributed by atoms with Crippen molar-refractivity contribution < 1.29 is 0 Å². The summed E-state index contributed by atoms with van der Waals surface area (Å²) in [6.45, 7) is 10.6. The molecule has 0 amide bonds. The number of hydrogen-bond donors (Lipinski definition) is 1. The number of nitrogens with one attached hydrogen (secondary N) is 1. The molecule has 0 saturated carbocycles. The summed E-state index contributed by atoms with van der Waals surface area (Å²) in [7, 11) is 0. The van der Waals surface area contributed by atoms with E-state index in [1.165, 1.54) is 24.0 Å². The van der Waals surface area contributed by atoms with Gasteiger partial charge in [0.1, 0.15) is 0 Å².